The third-order valence-electron chi connectivity index (χ3n) is 5.03. The summed E-state index contributed by atoms with van der Waals surface area (Å²) >= 11 is 0. The molecule has 0 radical (unpaired) electrons. The summed E-state index contributed by atoms with van der Waals surface area (Å²) in [5.74, 6) is 0.988. The minimum atomic E-state index is 0.742. The number of rotatable bonds is 5. The molecule has 1 aliphatic heterocycles. The Morgan fingerprint density at radius 2 is 1.91 bits per heavy atom. The summed E-state index contributed by atoms with van der Waals surface area (Å²) in [4.78, 5) is 7.15. The van der Waals surface area contributed by atoms with Crippen molar-refractivity contribution in [3.05, 3.63) is 42.1 Å². The maximum atomic E-state index is 4.58. The first-order valence-corrected chi connectivity index (χ1v) is 8.66. The summed E-state index contributed by atoms with van der Waals surface area (Å²) in [6, 6.07) is 11.4. The molecule has 0 unspecified atom stereocenters. The van der Waals surface area contributed by atoms with Gasteiger partial charge in [-0.25, -0.2) is 0 Å². The molecule has 0 atom stereocenters. The van der Waals surface area contributed by atoms with E-state index in [9.17, 15) is 0 Å². The summed E-state index contributed by atoms with van der Waals surface area (Å²) in [5, 5.41) is 5.00. The number of nitrogens with zero attached hydrogens (tertiary/aromatic N) is 2. The fourth-order valence-corrected chi connectivity index (χ4v) is 3.41. The molecule has 3 nitrogen and oxygen atoms in total. The van der Waals surface area contributed by atoms with Crippen molar-refractivity contribution in [2.75, 3.05) is 19.6 Å². The molecule has 1 aromatic heterocycles. The van der Waals surface area contributed by atoms with Crippen LogP contribution in [0.25, 0.3) is 10.9 Å². The number of piperidine rings is 1. The highest BCUT2D eigenvalue weighted by Gasteiger charge is 2.24. The molecular formula is C19H25N3. The highest BCUT2D eigenvalue weighted by molar-refractivity contribution is 5.78. The van der Waals surface area contributed by atoms with Gasteiger partial charge in [0, 0.05) is 24.2 Å². The van der Waals surface area contributed by atoms with E-state index >= 15 is 0 Å². The van der Waals surface area contributed by atoms with E-state index < -0.39 is 0 Å². The molecule has 1 aliphatic carbocycles. The van der Waals surface area contributed by atoms with Crippen molar-refractivity contribution in [1.29, 1.82) is 0 Å². The predicted octanol–water partition coefficient (Wildman–Crippen LogP) is 3.20. The normalized spacial score (nSPS) is 20.5. The molecule has 116 valence electrons. The quantitative estimate of drug-likeness (QED) is 0.918. The van der Waals surface area contributed by atoms with Gasteiger partial charge in [-0.15, -0.1) is 0 Å². The van der Waals surface area contributed by atoms with Gasteiger partial charge in [-0.05, 0) is 68.9 Å². The molecule has 0 spiro atoms. The van der Waals surface area contributed by atoms with Crippen molar-refractivity contribution in [1.82, 2.24) is 15.2 Å². The third-order valence-corrected chi connectivity index (χ3v) is 5.03. The lowest BCUT2D eigenvalue weighted by atomic mass is 10.0. The number of aromatic nitrogens is 1. The molecule has 2 fully saturated rings. The highest BCUT2D eigenvalue weighted by Crippen LogP contribution is 2.28. The largest absolute Gasteiger partial charge is 0.314 e. The molecule has 3 heteroatoms. The molecule has 2 aliphatic rings. The second kappa shape index (κ2) is 6.35. The van der Waals surface area contributed by atoms with Crippen LogP contribution in [0.1, 0.15) is 31.2 Å². The Bertz CT molecular complexity index is 627. The molecule has 2 aromatic rings. The van der Waals surface area contributed by atoms with E-state index in [1.165, 1.54) is 56.3 Å². The van der Waals surface area contributed by atoms with Crippen LogP contribution in [0.5, 0.6) is 0 Å². The molecule has 0 amide bonds. The predicted molar refractivity (Wildman–Crippen MR) is 90.8 cm³/mol. The van der Waals surface area contributed by atoms with Gasteiger partial charge in [0.2, 0.25) is 0 Å². The molecule has 1 saturated carbocycles. The number of likely N-dealkylation sites (tertiary alicyclic amines) is 1. The van der Waals surface area contributed by atoms with E-state index in [2.05, 4.69) is 45.5 Å². The molecular weight excluding hydrogens is 270 g/mol. The lowest BCUT2D eigenvalue weighted by molar-refractivity contribution is 0.190. The topological polar surface area (TPSA) is 28.2 Å². The Morgan fingerprint density at radius 3 is 2.73 bits per heavy atom. The second-order valence-electron chi connectivity index (χ2n) is 6.94. The van der Waals surface area contributed by atoms with Gasteiger partial charge in [-0.2, -0.15) is 0 Å². The van der Waals surface area contributed by atoms with Gasteiger partial charge in [-0.3, -0.25) is 9.88 Å². The average molecular weight is 295 g/mol. The van der Waals surface area contributed by atoms with Crippen molar-refractivity contribution < 1.29 is 0 Å². The van der Waals surface area contributed by atoms with Crippen LogP contribution in [0.4, 0.5) is 0 Å². The third kappa shape index (κ3) is 3.47. The van der Waals surface area contributed by atoms with E-state index in [4.69, 9.17) is 0 Å². The number of nitrogens with one attached hydrogen (secondary N) is 1. The zero-order chi connectivity index (χ0) is 14.8. The van der Waals surface area contributed by atoms with Crippen molar-refractivity contribution in [2.24, 2.45) is 5.92 Å². The van der Waals surface area contributed by atoms with Gasteiger partial charge in [0.25, 0.3) is 0 Å². The summed E-state index contributed by atoms with van der Waals surface area (Å²) in [6.07, 6.45) is 7.50. The van der Waals surface area contributed by atoms with Gasteiger partial charge >= 0.3 is 0 Å². The zero-order valence-corrected chi connectivity index (χ0v) is 13.2. The first-order chi connectivity index (χ1) is 10.9. The molecule has 1 aromatic carbocycles. The molecule has 4 rings (SSSR count). The molecule has 2 heterocycles. The van der Waals surface area contributed by atoms with Crippen LogP contribution in [0.3, 0.4) is 0 Å². The van der Waals surface area contributed by atoms with Gasteiger partial charge in [0.1, 0.15) is 0 Å². The van der Waals surface area contributed by atoms with E-state index in [0.29, 0.717) is 0 Å². The van der Waals surface area contributed by atoms with Crippen LogP contribution >= 0.6 is 0 Å². The van der Waals surface area contributed by atoms with Gasteiger partial charge in [0.15, 0.2) is 0 Å². The van der Waals surface area contributed by atoms with Gasteiger partial charge in [0.05, 0.1) is 5.52 Å². The van der Waals surface area contributed by atoms with Crippen LogP contribution in [0.2, 0.25) is 0 Å². The molecule has 1 N–H and O–H groups in total. The average Bonchev–Trinajstić information content (AvgIpc) is 3.38. The van der Waals surface area contributed by atoms with Crippen molar-refractivity contribution in [3.63, 3.8) is 0 Å². The SMILES string of the molecule is c1ccc2ncc(CN3CCC(NCC4CC4)CC3)cc2c1. The first kappa shape index (κ1) is 14.2. The van der Waals surface area contributed by atoms with Gasteiger partial charge in [-0.1, -0.05) is 18.2 Å². The lowest BCUT2D eigenvalue weighted by Crippen LogP contribution is -2.42. The summed E-state index contributed by atoms with van der Waals surface area (Å²) in [7, 11) is 0. The Labute approximate surface area is 132 Å². The Kier molecular flexibility index (Phi) is 4.09. The van der Waals surface area contributed by atoms with Crippen LogP contribution in [-0.2, 0) is 6.54 Å². The monoisotopic (exact) mass is 295 g/mol. The first-order valence-electron chi connectivity index (χ1n) is 8.66. The molecule has 0 bridgehead atoms. The highest BCUT2D eigenvalue weighted by atomic mass is 15.1. The Hall–Kier alpha value is -1.45. The summed E-state index contributed by atoms with van der Waals surface area (Å²) in [5.41, 5.74) is 2.43. The minimum Gasteiger partial charge on any atom is -0.314 e. The minimum absolute atomic E-state index is 0.742. The molecule has 22 heavy (non-hydrogen) atoms. The maximum Gasteiger partial charge on any atom is 0.0702 e. The zero-order valence-electron chi connectivity index (χ0n) is 13.2. The van der Waals surface area contributed by atoms with E-state index in [1.807, 2.05) is 6.20 Å². The van der Waals surface area contributed by atoms with Crippen molar-refractivity contribution in [3.8, 4) is 0 Å². The number of pyridine rings is 1. The molecule has 1 saturated heterocycles. The number of fused-ring (bicyclic) bond motifs is 1. The van der Waals surface area contributed by atoms with Crippen LogP contribution in [-0.4, -0.2) is 35.6 Å². The number of hydrogen-bond acceptors (Lipinski definition) is 3. The smallest absolute Gasteiger partial charge is 0.0702 e. The summed E-state index contributed by atoms with van der Waals surface area (Å²) < 4.78 is 0. The number of hydrogen-bond donors (Lipinski definition) is 1. The van der Waals surface area contributed by atoms with E-state index in [1.54, 1.807) is 0 Å². The van der Waals surface area contributed by atoms with Crippen LogP contribution < -0.4 is 5.32 Å². The number of benzene rings is 1. The summed E-state index contributed by atoms with van der Waals surface area (Å²) in [6.45, 7) is 4.69. The van der Waals surface area contributed by atoms with Crippen molar-refractivity contribution in [2.45, 2.75) is 38.3 Å². The van der Waals surface area contributed by atoms with E-state index in [-0.39, 0.29) is 0 Å². The van der Waals surface area contributed by atoms with Crippen LogP contribution in [0, 0.1) is 5.92 Å². The number of para-hydroxylation sites is 1. The Morgan fingerprint density at radius 1 is 1.09 bits per heavy atom. The fraction of sp³-hybridized carbons (Fsp3) is 0.526. The second-order valence-corrected chi connectivity index (χ2v) is 6.94. The maximum absolute atomic E-state index is 4.58. The Balaban J connectivity index is 1.31. The lowest BCUT2D eigenvalue weighted by Gasteiger charge is -2.32. The van der Waals surface area contributed by atoms with Gasteiger partial charge < -0.3 is 5.32 Å². The standard InChI is InChI=1S/C19H25N3/c1-2-4-19-17(3-1)11-16(13-21-19)14-22-9-7-18(8-10-22)20-12-15-5-6-15/h1-4,11,13,15,18,20H,5-10,12,14H2. The van der Waals surface area contributed by atoms with E-state index in [0.717, 1.165) is 24.0 Å². The van der Waals surface area contributed by atoms with Crippen molar-refractivity contribution >= 4 is 10.9 Å². The van der Waals surface area contributed by atoms with Crippen LogP contribution in [0.15, 0.2) is 36.5 Å². The fourth-order valence-electron chi connectivity index (χ4n) is 3.41.